The summed E-state index contributed by atoms with van der Waals surface area (Å²) in [5.41, 5.74) is 0. The van der Waals surface area contributed by atoms with E-state index in [4.69, 9.17) is 0 Å². The molecule has 0 radical (unpaired) electrons. The molecule has 0 saturated heterocycles. The van der Waals surface area contributed by atoms with E-state index in [0.717, 1.165) is 17.9 Å². The standard InChI is InChI=1S/C6H12OS/c1-3-5-6-8(7)4-2/h3H,1,4-6H2,2H3. The van der Waals surface area contributed by atoms with Crippen LogP contribution >= 0.6 is 0 Å². The molecule has 0 N–H and O–H groups in total. The summed E-state index contributed by atoms with van der Waals surface area (Å²) in [4.78, 5) is 0. The van der Waals surface area contributed by atoms with Gasteiger partial charge in [-0.3, -0.25) is 0 Å². The average Bonchev–Trinajstić information content (AvgIpc) is 1.83. The Morgan fingerprint density at radius 3 is 2.75 bits per heavy atom. The van der Waals surface area contributed by atoms with Crippen molar-refractivity contribution in [2.75, 3.05) is 11.5 Å². The van der Waals surface area contributed by atoms with Gasteiger partial charge in [-0.15, -0.1) is 6.58 Å². The first-order valence-corrected chi connectivity index (χ1v) is 4.26. The molecule has 0 bridgehead atoms. The lowest BCUT2D eigenvalue weighted by Gasteiger charge is -2.04. The summed E-state index contributed by atoms with van der Waals surface area (Å²) in [7, 11) is 0. The first-order valence-electron chi connectivity index (χ1n) is 2.77. The van der Waals surface area contributed by atoms with Crippen molar-refractivity contribution < 1.29 is 4.55 Å². The summed E-state index contributed by atoms with van der Waals surface area (Å²) < 4.78 is 10.6. The van der Waals surface area contributed by atoms with E-state index in [0.29, 0.717) is 0 Å². The number of hydrogen-bond donors (Lipinski definition) is 0. The van der Waals surface area contributed by atoms with Gasteiger partial charge in [0.25, 0.3) is 0 Å². The minimum absolute atomic E-state index is 0.598. The summed E-state index contributed by atoms with van der Waals surface area (Å²) in [5.74, 6) is 1.55. The molecule has 1 unspecified atom stereocenters. The van der Waals surface area contributed by atoms with Crippen LogP contribution < -0.4 is 0 Å². The van der Waals surface area contributed by atoms with Crippen molar-refractivity contribution >= 4 is 11.2 Å². The molecule has 0 aliphatic heterocycles. The largest absolute Gasteiger partial charge is 0.616 e. The fraction of sp³-hybridized carbons (Fsp3) is 0.667. The Labute approximate surface area is 54.0 Å². The van der Waals surface area contributed by atoms with Crippen molar-refractivity contribution in [1.29, 1.82) is 0 Å². The molecule has 0 fully saturated rings. The molecular weight excluding hydrogens is 120 g/mol. The Bertz CT molecular complexity index is 63.5. The predicted molar refractivity (Wildman–Crippen MR) is 38.4 cm³/mol. The van der Waals surface area contributed by atoms with E-state index in [1.165, 1.54) is 0 Å². The maximum Gasteiger partial charge on any atom is 0.109 e. The van der Waals surface area contributed by atoms with E-state index >= 15 is 0 Å². The minimum Gasteiger partial charge on any atom is -0.616 e. The van der Waals surface area contributed by atoms with E-state index in [2.05, 4.69) is 6.58 Å². The lowest BCUT2D eigenvalue weighted by atomic mass is 10.5. The van der Waals surface area contributed by atoms with Crippen LogP contribution in [0.15, 0.2) is 12.7 Å². The Morgan fingerprint density at radius 2 is 2.38 bits per heavy atom. The number of allylic oxidation sites excluding steroid dienone is 1. The third kappa shape index (κ3) is 4.22. The van der Waals surface area contributed by atoms with E-state index < -0.39 is 11.2 Å². The van der Waals surface area contributed by atoms with Gasteiger partial charge in [-0.25, -0.2) is 0 Å². The van der Waals surface area contributed by atoms with Gasteiger partial charge in [0.2, 0.25) is 0 Å². The van der Waals surface area contributed by atoms with Gasteiger partial charge in [-0.2, -0.15) is 0 Å². The first kappa shape index (κ1) is 8.05. The second-order valence-corrected chi connectivity index (χ2v) is 3.38. The summed E-state index contributed by atoms with van der Waals surface area (Å²) in [6.45, 7) is 5.46. The number of hydrogen-bond acceptors (Lipinski definition) is 1. The second kappa shape index (κ2) is 5.19. The molecule has 1 atom stereocenters. The normalized spacial score (nSPS) is 13.2. The van der Waals surface area contributed by atoms with Gasteiger partial charge in [0.1, 0.15) is 11.5 Å². The Kier molecular flexibility index (Phi) is 5.22. The molecule has 0 aromatic heterocycles. The molecule has 0 aliphatic carbocycles. The maximum absolute atomic E-state index is 10.6. The lowest BCUT2D eigenvalue weighted by molar-refractivity contribution is 0.596. The van der Waals surface area contributed by atoms with Crippen LogP contribution in [0.5, 0.6) is 0 Å². The van der Waals surface area contributed by atoms with Gasteiger partial charge in [-0.05, 0) is 6.92 Å². The summed E-state index contributed by atoms with van der Waals surface area (Å²) in [6.07, 6.45) is 2.67. The predicted octanol–water partition coefficient (Wildman–Crippen LogP) is 1.33. The van der Waals surface area contributed by atoms with Gasteiger partial charge in [0, 0.05) is 6.42 Å². The molecule has 8 heavy (non-hydrogen) atoms. The molecular formula is C6H12OS. The Hall–Kier alpha value is 0.0500. The van der Waals surface area contributed by atoms with Crippen molar-refractivity contribution in [1.82, 2.24) is 0 Å². The van der Waals surface area contributed by atoms with E-state index in [9.17, 15) is 4.55 Å². The molecule has 1 nitrogen and oxygen atoms in total. The van der Waals surface area contributed by atoms with Crippen LogP contribution in [0.3, 0.4) is 0 Å². The van der Waals surface area contributed by atoms with Crippen molar-refractivity contribution in [3.63, 3.8) is 0 Å². The summed E-state index contributed by atoms with van der Waals surface area (Å²) in [6, 6.07) is 0. The van der Waals surface area contributed by atoms with Gasteiger partial charge in [0.05, 0.1) is 0 Å². The monoisotopic (exact) mass is 132 g/mol. The minimum atomic E-state index is -0.598. The van der Waals surface area contributed by atoms with Crippen molar-refractivity contribution in [3.05, 3.63) is 12.7 Å². The maximum atomic E-state index is 10.6. The zero-order valence-electron chi connectivity index (χ0n) is 5.22. The average molecular weight is 132 g/mol. The zero-order valence-corrected chi connectivity index (χ0v) is 6.04. The van der Waals surface area contributed by atoms with Crippen LogP contribution in [0.2, 0.25) is 0 Å². The van der Waals surface area contributed by atoms with Gasteiger partial charge < -0.3 is 4.55 Å². The van der Waals surface area contributed by atoms with E-state index in [1.807, 2.05) is 6.92 Å². The van der Waals surface area contributed by atoms with Crippen LogP contribution in [0.1, 0.15) is 13.3 Å². The molecule has 0 heterocycles. The van der Waals surface area contributed by atoms with Crippen molar-refractivity contribution in [3.8, 4) is 0 Å². The van der Waals surface area contributed by atoms with Crippen LogP contribution in [0.25, 0.3) is 0 Å². The smallest absolute Gasteiger partial charge is 0.109 e. The third-order valence-electron chi connectivity index (χ3n) is 0.872. The van der Waals surface area contributed by atoms with Gasteiger partial charge >= 0.3 is 0 Å². The second-order valence-electron chi connectivity index (χ2n) is 1.51. The highest BCUT2D eigenvalue weighted by Crippen LogP contribution is 1.92. The van der Waals surface area contributed by atoms with Crippen LogP contribution in [-0.2, 0) is 11.2 Å². The molecule has 0 aromatic carbocycles. The summed E-state index contributed by atoms with van der Waals surface area (Å²) >= 11 is -0.598. The fourth-order valence-electron chi connectivity index (χ4n) is 0.359. The SMILES string of the molecule is C=CCC[S+]([O-])CC. The zero-order chi connectivity index (χ0) is 6.41. The third-order valence-corrected chi connectivity index (χ3v) is 2.21. The Morgan fingerprint density at radius 1 is 1.75 bits per heavy atom. The molecule has 0 rings (SSSR count). The van der Waals surface area contributed by atoms with Crippen LogP contribution in [-0.4, -0.2) is 16.1 Å². The Balaban J connectivity index is 2.97. The highest BCUT2D eigenvalue weighted by molar-refractivity contribution is 7.91. The molecule has 48 valence electrons. The number of rotatable bonds is 4. The molecule has 2 heteroatoms. The molecule has 0 amide bonds. The van der Waals surface area contributed by atoms with E-state index in [1.54, 1.807) is 6.08 Å². The van der Waals surface area contributed by atoms with E-state index in [-0.39, 0.29) is 0 Å². The van der Waals surface area contributed by atoms with Gasteiger partial charge in [0.15, 0.2) is 0 Å². The van der Waals surface area contributed by atoms with Crippen molar-refractivity contribution in [2.24, 2.45) is 0 Å². The van der Waals surface area contributed by atoms with Crippen molar-refractivity contribution in [2.45, 2.75) is 13.3 Å². The molecule has 0 spiro atoms. The molecule has 0 aliphatic rings. The lowest BCUT2D eigenvalue weighted by Crippen LogP contribution is -2.07. The molecule has 0 aromatic rings. The topological polar surface area (TPSA) is 23.1 Å². The van der Waals surface area contributed by atoms with Crippen LogP contribution in [0, 0.1) is 0 Å². The summed E-state index contributed by atoms with van der Waals surface area (Å²) in [5, 5.41) is 0. The van der Waals surface area contributed by atoms with Gasteiger partial charge in [-0.1, -0.05) is 17.3 Å². The highest BCUT2D eigenvalue weighted by atomic mass is 32.2. The molecule has 0 saturated carbocycles. The quantitative estimate of drug-likeness (QED) is 0.418. The first-order chi connectivity index (χ1) is 3.81. The highest BCUT2D eigenvalue weighted by Gasteiger charge is 1.96. The fourth-order valence-corrected chi connectivity index (χ4v) is 1.08. The van der Waals surface area contributed by atoms with Crippen LogP contribution in [0.4, 0.5) is 0 Å².